The number of hydrogen-bond donors (Lipinski definition) is 2. The molecule has 3 nitrogen and oxygen atoms in total. The number of carbonyl (C=O) groups is 1. The average molecular weight is 286 g/mol. The summed E-state index contributed by atoms with van der Waals surface area (Å²) >= 11 is 3.41. The van der Waals surface area contributed by atoms with E-state index in [1.807, 2.05) is 25.1 Å². The number of nitrogens with one attached hydrogen (secondary N) is 1. The Bertz CT molecular complexity index is 377. The van der Waals surface area contributed by atoms with Crippen LogP contribution in [0.1, 0.15) is 18.1 Å². The highest BCUT2D eigenvalue weighted by Gasteiger charge is 2.07. The molecule has 0 fully saturated rings. The van der Waals surface area contributed by atoms with Crippen molar-refractivity contribution in [3.05, 3.63) is 33.8 Å². The molecule has 4 heteroatoms. The Morgan fingerprint density at radius 3 is 2.88 bits per heavy atom. The highest BCUT2D eigenvalue weighted by molar-refractivity contribution is 9.10. The molecule has 2 N–H and O–H groups in total. The third-order valence-corrected chi connectivity index (χ3v) is 2.88. The maximum Gasteiger partial charge on any atom is 0.248 e. The van der Waals surface area contributed by atoms with Gasteiger partial charge in [-0.05, 0) is 43.5 Å². The molecular formula is C12H16BrNO2. The molecule has 1 unspecified atom stereocenters. The van der Waals surface area contributed by atoms with Gasteiger partial charge in [0, 0.05) is 11.0 Å². The maximum atomic E-state index is 11.1. The van der Waals surface area contributed by atoms with Crippen molar-refractivity contribution in [1.82, 2.24) is 5.32 Å². The van der Waals surface area contributed by atoms with Gasteiger partial charge in [0.15, 0.2) is 0 Å². The van der Waals surface area contributed by atoms with Gasteiger partial charge in [0.1, 0.15) is 6.10 Å². The summed E-state index contributed by atoms with van der Waals surface area (Å²) in [6.45, 7) is 4.04. The van der Waals surface area contributed by atoms with E-state index in [-0.39, 0.29) is 5.91 Å². The first-order chi connectivity index (χ1) is 7.50. The van der Waals surface area contributed by atoms with Crippen molar-refractivity contribution in [3.63, 3.8) is 0 Å². The van der Waals surface area contributed by atoms with E-state index in [4.69, 9.17) is 5.11 Å². The minimum Gasteiger partial charge on any atom is -0.384 e. The van der Waals surface area contributed by atoms with Gasteiger partial charge in [0.25, 0.3) is 0 Å². The van der Waals surface area contributed by atoms with E-state index < -0.39 is 6.10 Å². The van der Waals surface area contributed by atoms with E-state index in [1.54, 1.807) is 0 Å². The molecule has 0 aliphatic heterocycles. The number of rotatable bonds is 4. The van der Waals surface area contributed by atoms with Gasteiger partial charge in [-0.2, -0.15) is 0 Å². The second kappa shape index (κ2) is 6.01. The number of halogens is 1. The fourth-order valence-corrected chi connectivity index (χ4v) is 1.79. The maximum absolute atomic E-state index is 11.1. The number of benzene rings is 1. The van der Waals surface area contributed by atoms with Crippen LogP contribution in [0.5, 0.6) is 0 Å². The van der Waals surface area contributed by atoms with Crippen molar-refractivity contribution in [2.75, 3.05) is 6.54 Å². The lowest BCUT2D eigenvalue weighted by Crippen LogP contribution is -2.33. The van der Waals surface area contributed by atoms with Crippen LogP contribution in [-0.2, 0) is 11.2 Å². The van der Waals surface area contributed by atoms with Crippen LogP contribution in [0.25, 0.3) is 0 Å². The Hall–Kier alpha value is -0.870. The van der Waals surface area contributed by atoms with Gasteiger partial charge in [-0.15, -0.1) is 0 Å². The van der Waals surface area contributed by atoms with E-state index in [2.05, 4.69) is 21.2 Å². The number of aliphatic hydroxyl groups is 1. The van der Waals surface area contributed by atoms with E-state index in [0.717, 1.165) is 10.9 Å². The summed E-state index contributed by atoms with van der Waals surface area (Å²) < 4.78 is 1.04. The Kier molecular flexibility index (Phi) is 4.96. The fraction of sp³-hybridized carbons (Fsp3) is 0.417. The molecule has 1 aromatic carbocycles. The first-order valence-electron chi connectivity index (χ1n) is 5.21. The van der Waals surface area contributed by atoms with Gasteiger partial charge in [-0.1, -0.05) is 22.0 Å². The SMILES string of the molecule is Cc1ccc(Br)cc1CCNC(=O)C(C)O. The first-order valence-corrected chi connectivity index (χ1v) is 6.01. The number of aryl methyl sites for hydroxylation is 1. The van der Waals surface area contributed by atoms with Crippen molar-refractivity contribution >= 4 is 21.8 Å². The molecule has 0 heterocycles. The summed E-state index contributed by atoms with van der Waals surface area (Å²) in [5, 5.41) is 11.7. The molecule has 1 rings (SSSR count). The molecule has 0 aliphatic rings. The van der Waals surface area contributed by atoms with Crippen molar-refractivity contribution in [3.8, 4) is 0 Å². The first kappa shape index (κ1) is 13.2. The molecule has 0 saturated carbocycles. The van der Waals surface area contributed by atoms with Crippen LogP contribution >= 0.6 is 15.9 Å². The lowest BCUT2D eigenvalue weighted by atomic mass is 10.1. The summed E-state index contributed by atoms with van der Waals surface area (Å²) in [6, 6.07) is 6.08. The smallest absolute Gasteiger partial charge is 0.248 e. The standard InChI is InChI=1S/C12H16BrNO2/c1-8-3-4-11(13)7-10(8)5-6-14-12(16)9(2)15/h3-4,7,9,15H,5-6H2,1-2H3,(H,14,16). The number of amides is 1. The molecule has 0 radical (unpaired) electrons. The summed E-state index contributed by atoms with van der Waals surface area (Å²) in [4.78, 5) is 11.1. The normalized spacial score (nSPS) is 12.2. The van der Waals surface area contributed by atoms with E-state index in [9.17, 15) is 4.79 Å². The van der Waals surface area contributed by atoms with Gasteiger partial charge < -0.3 is 10.4 Å². The Balaban J connectivity index is 2.49. The van der Waals surface area contributed by atoms with E-state index in [0.29, 0.717) is 6.54 Å². The second-order valence-corrected chi connectivity index (χ2v) is 4.70. The zero-order valence-corrected chi connectivity index (χ0v) is 11.0. The topological polar surface area (TPSA) is 49.3 Å². The zero-order valence-electron chi connectivity index (χ0n) is 9.46. The van der Waals surface area contributed by atoms with E-state index in [1.165, 1.54) is 18.1 Å². The zero-order chi connectivity index (χ0) is 12.1. The van der Waals surface area contributed by atoms with Crippen LogP contribution in [0.2, 0.25) is 0 Å². The monoisotopic (exact) mass is 285 g/mol. The number of hydrogen-bond acceptors (Lipinski definition) is 2. The van der Waals surface area contributed by atoms with Gasteiger partial charge in [-0.25, -0.2) is 0 Å². The molecule has 88 valence electrons. The number of aliphatic hydroxyl groups excluding tert-OH is 1. The van der Waals surface area contributed by atoms with Crippen LogP contribution in [-0.4, -0.2) is 23.7 Å². The van der Waals surface area contributed by atoms with Gasteiger partial charge in [-0.3, -0.25) is 4.79 Å². The third kappa shape index (κ3) is 3.94. The average Bonchev–Trinajstić information content (AvgIpc) is 2.22. The molecular weight excluding hydrogens is 270 g/mol. The van der Waals surface area contributed by atoms with E-state index >= 15 is 0 Å². The Morgan fingerprint density at radius 2 is 2.25 bits per heavy atom. The Labute approximate surface area is 104 Å². The lowest BCUT2D eigenvalue weighted by Gasteiger charge is -2.09. The van der Waals surface area contributed by atoms with Crippen molar-refractivity contribution < 1.29 is 9.90 Å². The molecule has 1 atom stereocenters. The fourth-order valence-electron chi connectivity index (χ4n) is 1.38. The largest absolute Gasteiger partial charge is 0.384 e. The van der Waals surface area contributed by atoms with Crippen molar-refractivity contribution in [1.29, 1.82) is 0 Å². The minimum absolute atomic E-state index is 0.326. The van der Waals surface area contributed by atoms with Crippen molar-refractivity contribution in [2.24, 2.45) is 0 Å². The van der Waals surface area contributed by atoms with Crippen LogP contribution in [0.15, 0.2) is 22.7 Å². The molecule has 0 aromatic heterocycles. The van der Waals surface area contributed by atoms with Gasteiger partial charge in [0.05, 0.1) is 0 Å². The molecule has 0 bridgehead atoms. The summed E-state index contributed by atoms with van der Waals surface area (Å²) in [5.41, 5.74) is 2.40. The van der Waals surface area contributed by atoms with Crippen LogP contribution in [0.4, 0.5) is 0 Å². The molecule has 0 spiro atoms. The van der Waals surface area contributed by atoms with Crippen LogP contribution in [0.3, 0.4) is 0 Å². The summed E-state index contributed by atoms with van der Waals surface area (Å²) in [7, 11) is 0. The summed E-state index contributed by atoms with van der Waals surface area (Å²) in [6.07, 6.45) is -0.174. The van der Waals surface area contributed by atoms with Crippen molar-refractivity contribution in [2.45, 2.75) is 26.4 Å². The predicted octanol–water partition coefficient (Wildman–Crippen LogP) is 1.80. The molecule has 0 aliphatic carbocycles. The van der Waals surface area contributed by atoms with Gasteiger partial charge >= 0.3 is 0 Å². The quantitative estimate of drug-likeness (QED) is 0.886. The minimum atomic E-state index is -0.941. The number of carbonyl (C=O) groups excluding carboxylic acids is 1. The molecule has 16 heavy (non-hydrogen) atoms. The highest BCUT2D eigenvalue weighted by atomic mass is 79.9. The van der Waals surface area contributed by atoms with Crippen LogP contribution in [0, 0.1) is 6.92 Å². The molecule has 1 amide bonds. The third-order valence-electron chi connectivity index (χ3n) is 2.38. The molecule has 0 saturated heterocycles. The van der Waals surface area contributed by atoms with Gasteiger partial charge in [0.2, 0.25) is 5.91 Å². The highest BCUT2D eigenvalue weighted by Crippen LogP contribution is 2.16. The predicted molar refractivity (Wildman–Crippen MR) is 67.3 cm³/mol. The van der Waals surface area contributed by atoms with Crippen LogP contribution < -0.4 is 5.32 Å². The lowest BCUT2D eigenvalue weighted by molar-refractivity contribution is -0.128. The summed E-state index contributed by atoms with van der Waals surface area (Å²) in [5.74, 6) is -0.326. The molecule has 1 aromatic rings. The second-order valence-electron chi connectivity index (χ2n) is 3.79. The Morgan fingerprint density at radius 1 is 1.56 bits per heavy atom.